The molecule has 4 nitrogen and oxygen atoms in total. The number of rotatable bonds is 3. The van der Waals surface area contributed by atoms with Crippen molar-refractivity contribution < 1.29 is 9.90 Å². The van der Waals surface area contributed by atoms with Gasteiger partial charge in [-0.2, -0.15) is 0 Å². The number of carboxylic acids is 1. The van der Waals surface area contributed by atoms with Gasteiger partial charge in [-0.05, 0) is 24.6 Å². The summed E-state index contributed by atoms with van der Waals surface area (Å²) in [4.78, 5) is 15.4. The Labute approximate surface area is 99.5 Å². The third-order valence-electron chi connectivity index (χ3n) is 2.68. The van der Waals surface area contributed by atoms with E-state index < -0.39 is 5.97 Å². The number of hydrogen-bond donors (Lipinski definition) is 1. The molecule has 0 radical (unpaired) electrons. The fourth-order valence-electron chi connectivity index (χ4n) is 1.84. The molecule has 0 aliphatic carbocycles. The summed E-state index contributed by atoms with van der Waals surface area (Å²) < 4.78 is 1.83. The van der Waals surface area contributed by atoms with E-state index in [4.69, 9.17) is 0 Å². The zero-order valence-corrected chi connectivity index (χ0v) is 9.84. The molecule has 0 saturated heterocycles. The molecule has 17 heavy (non-hydrogen) atoms. The van der Waals surface area contributed by atoms with Gasteiger partial charge < -0.3 is 9.67 Å². The van der Waals surface area contributed by atoms with Crippen LogP contribution in [0.2, 0.25) is 0 Å². The Hall–Kier alpha value is -2.10. The number of aromatic carboxylic acids is 1. The van der Waals surface area contributed by atoms with Crippen molar-refractivity contribution in [1.82, 2.24) is 9.55 Å². The number of nitrogens with zero attached hydrogens (tertiary/aromatic N) is 2. The normalized spacial score (nSPS) is 10.5. The van der Waals surface area contributed by atoms with Crippen molar-refractivity contribution in [2.75, 3.05) is 0 Å². The lowest BCUT2D eigenvalue weighted by Crippen LogP contribution is -2.07. The minimum atomic E-state index is -0.921. The van der Waals surface area contributed by atoms with E-state index in [0.29, 0.717) is 11.3 Å². The molecule has 0 unspecified atom stereocenters. The molecule has 0 fully saturated rings. The maximum absolute atomic E-state index is 11.2. The SMILES string of the molecule is CCc1nccn1-c1cc(C)ccc1C(=O)O. The van der Waals surface area contributed by atoms with Crippen LogP contribution in [0.25, 0.3) is 5.69 Å². The molecule has 0 aliphatic rings. The molecule has 2 aromatic rings. The Morgan fingerprint density at radius 1 is 1.47 bits per heavy atom. The molecule has 0 amide bonds. The number of carboxylic acid groups (broad SMARTS) is 1. The Morgan fingerprint density at radius 2 is 2.24 bits per heavy atom. The summed E-state index contributed by atoms with van der Waals surface area (Å²) in [7, 11) is 0. The minimum absolute atomic E-state index is 0.295. The van der Waals surface area contributed by atoms with Gasteiger partial charge in [0.25, 0.3) is 0 Å². The average Bonchev–Trinajstić information content (AvgIpc) is 2.76. The minimum Gasteiger partial charge on any atom is -0.478 e. The summed E-state index contributed by atoms with van der Waals surface area (Å²) in [5, 5.41) is 9.19. The first-order valence-electron chi connectivity index (χ1n) is 5.50. The number of hydrogen-bond acceptors (Lipinski definition) is 2. The van der Waals surface area contributed by atoms with Gasteiger partial charge >= 0.3 is 5.97 Å². The largest absolute Gasteiger partial charge is 0.478 e. The molecular formula is C13H14N2O2. The predicted octanol–water partition coefficient (Wildman–Crippen LogP) is 2.44. The van der Waals surface area contributed by atoms with Crippen LogP contribution >= 0.6 is 0 Å². The molecule has 0 aliphatic heterocycles. The van der Waals surface area contributed by atoms with E-state index in [1.54, 1.807) is 24.5 Å². The molecule has 1 aromatic heterocycles. The number of benzene rings is 1. The molecule has 1 N–H and O–H groups in total. The van der Waals surface area contributed by atoms with Crippen LogP contribution < -0.4 is 0 Å². The molecule has 4 heteroatoms. The fraction of sp³-hybridized carbons (Fsp3) is 0.231. The average molecular weight is 230 g/mol. The van der Waals surface area contributed by atoms with E-state index in [0.717, 1.165) is 17.8 Å². The lowest BCUT2D eigenvalue weighted by molar-refractivity contribution is 0.0697. The van der Waals surface area contributed by atoms with Crippen molar-refractivity contribution in [2.24, 2.45) is 0 Å². The highest BCUT2D eigenvalue weighted by Gasteiger charge is 2.13. The molecule has 88 valence electrons. The molecule has 2 rings (SSSR count). The van der Waals surface area contributed by atoms with Gasteiger partial charge in [0.2, 0.25) is 0 Å². The number of carbonyl (C=O) groups is 1. The van der Waals surface area contributed by atoms with Crippen molar-refractivity contribution in [3.05, 3.63) is 47.5 Å². The molecule has 1 aromatic carbocycles. The van der Waals surface area contributed by atoms with Crippen molar-refractivity contribution in [2.45, 2.75) is 20.3 Å². The van der Waals surface area contributed by atoms with Crippen LogP contribution in [0, 0.1) is 6.92 Å². The maximum Gasteiger partial charge on any atom is 0.337 e. The summed E-state index contributed by atoms with van der Waals surface area (Å²) in [6, 6.07) is 5.30. The highest BCUT2D eigenvalue weighted by Crippen LogP contribution is 2.18. The van der Waals surface area contributed by atoms with Gasteiger partial charge in [-0.15, -0.1) is 0 Å². The zero-order chi connectivity index (χ0) is 12.4. The Kier molecular flexibility index (Phi) is 2.95. The fourth-order valence-corrected chi connectivity index (χ4v) is 1.84. The van der Waals surface area contributed by atoms with Crippen LogP contribution in [0.4, 0.5) is 0 Å². The highest BCUT2D eigenvalue weighted by atomic mass is 16.4. The monoisotopic (exact) mass is 230 g/mol. The van der Waals surface area contributed by atoms with Crippen molar-refractivity contribution >= 4 is 5.97 Å². The lowest BCUT2D eigenvalue weighted by Gasteiger charge is -2.10. The van der Waals surface area contributed by atoms with Crippen LogP contribution in [0.1, 0.15) is 28.7 Å². The second-order valence-corrected chi connectivity index (χ2v) is 3.89. The summed E-state index contributed by atoms with van der Waals surface area (Å²) in [5.41, 5.74) is 2.00. The second kappa shape index (κ2) is 4.41. The molecule has 0 spiro atoms. The number of aromatic nitrogens is 2. The lowest BCUT2D eigenvalue weighted by atomic mass is 10.1. The van der Waals surface area contributed by atoms with Crippen molar-refractivity contribution in [1.29, 1.82) is 0 Å². The van der Waals surface area contributed by atoms with Gasteiger partial charge in [0.15, 0.2) is 0 Å². The van der Waals surface area contributed by atoms with Gasteiger partial charge in [-0.3, -0.25) is 0 Å². The molecule has 0 atom stereocenters. The zero-order valence-electron chi connectivity index (χ0n) is 9.84. The summed E-state index contributed by atoms with van der Waals surface area (Å²) in [6.07, 6.45) is 4.24. The maximum atomic E-state index is 11.2. The number of aryl methyl sites for hydroxylation is 2. The van der Waals surface area contributed by atoms with Crippen LogP contribution in [-0.4, -0.2) is 20.6 Å². The van der Waals surface area contributed by atoms with E-state index in [-0.39, 0.29) is 0 Å². The van der Waals surface area contributed by atoms with E-state index in [2.05, 4.69) is 4.98 Å². The summed E-state index contributed by atoms with van der Waals surface area (Å²) in [5.74, 6) is -0.0612. The highest BCUT2D eigenvalue weighted by molar-refractivity contribution is 5.92. The van der Waals surface area contributed by atoms with Crippen molar-refractivity contribution in [3.63, 3.8) is 0 Å². The summed E-state index contributed by atoms with van der Waals surface area (Å²) in [6.45, 7) is 3.94. The Balaban J connectivity index is 2.65. The van der Waals surface area contributed by atoms with Crippen LogP contribution in [0.15, 0.2) is 30.6 Å². The Bertz CT molecular complexity index is 558. The molecule has 0 bridgehead atoms. The van der Waals surface area contributed by atoms with Gasteiger partial charge in [0.05, 0.1) is 11.3 Å². The van der Waals surface area contributed by atoms with Gasteiger partial charge in [-0.25, -0.2) is 9.78 Å². The van der Waals surface area contributed by atoms with Crippen LogP contribution in [-0.2, 0) is 6.42 Å². The van der Waals surface area contributed by atoms with Gasteiger partial charge in [0.1, 0.15) is 5.82 Å². The smallest absolute Gasteiger partial charge is 0.337 e. The van der Waals surface area contributed by atoms with Crippen molar-refractivity contribution in [3.8, 4) is 5.69 Å². The third kappa shape index (κ3) is 2.06. The quantitative estimate of drug-likeness (QED) is 0.881. The van der Waals surface area contributed by atoms with Gasteiger partial charge in [0, 0.05) is 18.8 Å². The standard InChI is InChI=1S/C13H14N2O2/c1-3-12-14-6-7-15(12)11-8-9(2)4-5-10(11)13(16)17/h4-8H,3H2,1-2H3,(H,16,17). The second-order valence-electron chi connectivity index (χ2n) is 3.89. The van der Waals surface area contributed by atoms with Gasteiger partial charge in [-0.1, -0.05) is 13.0 Å². The summed E-state index contributed by atoms with van der Waals surface area (Å²) >= 11 is 0. The molecule has 0 saturated carbocycles. The van der Waals surface area contributed by atoms with E-state index >= 15 is 0 Å². The first kappa shape index (κ1) is 11.4. The predicted molar refractivity (Wildman–Crippen MR) is 64.6 cm³/mol. The molecular weight excluding hydrogens is 216 g/mol. The van der Waals surface area contributed by atoms with E-state index in [9.17, 15) is 9.90 Å². The third-order valence-corrected chi connectivity index (χ3v) is 2.68. The van der Waals surface area contributed by atoms with Crippen LogP contribution in [0.5, 0.6) is 0 Å². The van der Waals surface area contributed by atoms with Crippen LogP contribution in [0.3, 0.4) is 0 Å². The van der Waals surface area contributed by atoms with E-state index in [1.165, 1.54) is 0 Å². The topological polar surface area (TPSA) is 55.1 Å². The molecule has 1 heterocycles. The van der Waals surface area contributed by atoms with E-state index in [1.807, 2.05) is 24.5 Å². The number of imidazole rings is 1. The Morgan fingerprint density at radius 3 is 2.88 bits per heavy atom. The first-order valence-corrected chi connectivity index (χ1v) is 5.50. The first-order chi connectivity index (χ1) is 8.13.